The van der Waals surface area contributed by atoms with Gasteiger partial charge in [-0.1, -0.05) is 219 Å². The second-order valence-corrected chi connectivity index (χ2v) is 15.0. The molecule has 1 aliphatic carbocycles. The third kappa shape index (κ3) is 29.3. The lowest BCUT2D eigenvalue weighted by Crippen LogP contribution is -2.50. The second-order valence-electron chi connectivity index (χ2n) is 15.0. The molecule has 2 heteroatoms. The summed E-state index contributed by atoms with van der Waals surface area (Å²) in [7, 11) is 0. The van der Waals surface area contributed by atoms with Crippen molar-refractivity contribution in [1.29, 1.82) is 0 Å². The van der Waals surface area contributed by atoms with E-state index < -0.39 is 0 Å². The maximum atomic E-state index is 3.97. The quantitative estimate of drug-likeness (QED) is 0.0683. The third-order valence-corrected chi connectivity index (χ3v) is 10.6. The molecule has 0 heterocycles. The van der Waals surface area contributed by atoms with E-state index in [1.54, 1.807) is 0 Å². The highest BCUT2D eigenvalue weighted by molar-refractivity contribution is 4.86. The van der Waals surface area contributed by atoms with Crippen molar-refractivity contribution >= 4 is 0 Å². The van der Waals surface area contributed by atoms with Gasteiger partial charge in [0, 0.05) is 12.1 Å². The van der Waals surface area contributed by atoms with Crippen LogP contribution in [0, 0.1) is 0 Å². The molecule has 0 aromatic heterocycles. The molecule has 0 spiro atoms. The van der Waals surface area contributed by atoms with Crippen molar-refractivity contribution in [2.45, 2.75) is 257 Å². The molecular formula is C42H86N2. The van der Waals surface area contributed by atoms with Gasteiger partial charge in [-0.25, -0.2) is 0 Å². The third-order valence-electron chi connectivity index (χ3n) is 10.6. The summed E-state index contributed by atoms with van der Waals surface area (Å²) in [6, 6.07) is 1.45. The van der Waals surface area contributed by atoms with Gasteiger partial charge in [0.15, 0.2) is 0 Å². The maximum Gasteiger partial charge on any atom is 0.0221 e. The van der Waals surface area contributed by atoms with Gasteiger partial charge in [-0.2, -0.15) is 0 Å². The first-order chi connectivity index (χ1) is 21.9. The first-order valence-corrected chi connectivity index (χ1v) is 21.3. The van der Waals surface area contributed by atoms with Crippen LogP contribution in [-0.4, -0.2) is 25.2 Å². The van der Waals surface area contributed by atoms with E-state index in [1.807, 2.05) is 0 Å². The summed E-state index contributed by atoms with van der Waals surface area (Å²) in [6.45, 7) is 7.09. The van der Waals surface area contributed by atoms with Crippen molar-refractivity contribution < 1.29 is 0 Å². The van der Waals surface area contributed by atoms with Crippen LogP contribution in [0.2, 0.25) is 0 Å². The van der Waals surface area contributed by atoms with E-state index in [1.165, 1.54) is 244 Å². The molecule has 1 fully saturated rings. The second kappa shape index (κ2) is 35.8. The maximum absolute atomic E-state index is 3.97. The zero-order valence-corrected chi connectivity index (χ0v) is 31.0. The summed E-state index contributed by atoms with van der Waals surface area (Å²) in [4.78, 5) is 0. The van der Waals surface area contributed by atoms with E-state index in [9.17, 15) is 0 Å². The predicted molar refractivity (Wildman–Crippen MR) is 201 cm³/mol. The van der Waals surface area contributed by atoms with Gasteiger partial charge in [-0.05, 0) is 38.8 Å². The van der Waals surface area contributed by atoms with Gasteiger partial charge in [0.2, 0.25) is 0 Å². The minimum Gasteiger partial charge on any atom is -0.312 e. The van der Waals surface area contributed by atoms with Crippen LogP contribution in [0.1, 0.15) is 245 Å². The minimum atomic E-state index is 0.723. The van der Waals surface area contributed by atoms with Gasteiger partial charge in [0.25, 0.3) is 0 Å². The van der Waals surface area contributed by atoms with Crippen LogP contribution in [0.3, 0.4) is 0 Å². The molecule has 0 radical (unpaired) electrons. The molecule has 1 rings (SSSR count). The fourth-order valence-corrected chi connectivity index (χ4v) is 7.54. The molecule has 0 aliphatic heterocycles. The molecule has 2 nitrogen and oxygen atoms in total. The molecular weight excluding hydrogens is 532 g/mol. The highest BCUT2D eigenvalue weighted by atomic mass is 15.0. The molecule has 0 bridgehead atoms. The summed E-state index contributed by atoms with van der Waals surface area (Å²) in [5, 5.41) is 7.93. The van der Waals surface area contributed by atoms with Crippen molar-refractivity contribution in [3.8, 4) is 0 Å². The average Bonchev–Trinajstić information content (AvgIpc) is 3.04. The van der Waals surface area contributed by atoms with Gasteiger partial charge in [0.05, 0.1) is 0 Å². The Kier molecular flexibility index (Phi) is 34.1. The lowest BCUT2D eigenvalue weighted by molar-refractivity contribution is 0.281. The van der Waals surface area contributed by atoms with E-state index in [2.05, 4.69) is 24.5 Å². The van der Waals surface area contributed by atoms with Crippen LogP contribution >= 0.6 is 0 Å². The smallest absolute Gasteiger partial charge is 0.0221 e. The van der Waals surface area contributed by atoms with Crippen molar-refractivity contribution in [1.82, 2.24) is 10.6 Å². The molecule has 0 aromatic rings. The standard InChI is InChI=1S/C42H86N2/c1-3-5-7-9-11-13-15-17-19-21-23-25-27-29-31-35-39-43-41-37-33-34-38-42(41)44-40-36-32-30-28-26-24-22-20-18-16-14-12-10-8-6-4-2/h41-44H,3-40H2,1-2H3. The summed E-state index contributed by atoms with van der Waals surface area (Å²) in [5.41, 5.74) is 0. The Balaban J connectivity index is 1.83. The monoisotopic (exact) mass is 619 g/mol. The van der Waals surface area contributed by atoms with Gasteiger partial charge in [0.1, 0.15) is 0 Å². The Morgan fingerprint density at radius 3 is 0.727 bits per heavy atom. The molecule has 264 valence electrons. The molecule has 2 atom stereocenters. The molecule has 2 unspecified atom stereocenters. The zero-order chi connectivity index (χ0) is 31.4. The van der Waals surface area contributed by atoms with E-state index in [0.717, 1.165) is 12.1 Å². The number of hydrogen-bond acceptors (Lipinski definition) is 2. The van der Waals surface area contributed by atoms with Crippen molar-refractivity contribution in [2.75, 3.05) is 13.1 Å². The van der Waals surface area contributed by atoms with Gasteiger partial charge in [-0.3, -0.25) is 0 Å². The molecule has 0 amide bonds. The Labute approximate surface area is 280 Å². The molecule has 0 saturated heterocycles. The lowest BCUT2D eigenvalue weighted by atomic mass is 9.90. The Morgan fingerprint density at radius 2 is 0.500 bits per heavy atom. The van der Waals surface area contributed by atoms with Crippen LogP contribution in [-0.2, 0) is 0 Å². The highest BCUT2D eigenvalue weighted by Crippen LogP contribution is 2.20. The molecule has 2 N–H and O–H groups in total. The largest absolute Gasteiger partial charge is 0.312 e. The average molecular weight is 619 g/mol. The Morgan fingerprint density at radius 1 is 0.295 bits per heavy atom. The summed E-state index contributed by atoms with van der Waals surface area (Å²) >= 11 is 0. The number of rotatable bonds is 36. The number of hydrogen-bond donors (Lipinski definition) is 2. The normalized spacial score (nSPS) is 17.0. The number of unbranched alkanes of at least 4 members (excludes halogenated alkanes) is 30. The summed E-state index contributed by atoms with van der Waals surface area (Å²) < 4.78 is 0. The fraction of sp³-hybridized carbons (Fsp3) is 1.00. The topological polar surface area (TPSA) is 24.1 Å². The Bertz CT molecular complexity index is 474. The fourth-order valence-electron chi connectivity index (χ4n) is 7.54. The minimum absolute atomic E-state index is 0.723. The van der Waals surface area contributed by atoms with Gasteiger partial charge >= 0.3 is 0 Å². The predicted octanol–water partition coefficient (Wildman–Crippen LogP) is 14.0. The van der Waals surface area contributed by atoms with E-state index in [-0.39, 0.29) is 0 Å². The van der Waals surface area contributed by atoms with E-state index >= 15 is 0 Å². The first-order valence-electron chi connectivity index (χ1n) is 21.3. The van der Waals surface area contributed by atoms with Crippen LogP contribution in [0.25, 0.3) is 0 Å². The van der Waals surface area contributed by atoms with Crippen molar-refractivity contribution in [2.24, 2.45) is 0 Å². The molecule has 0 aromatic carbocycles. The highest BCUT2D eigenvalue weighted by Gasteiger charge is 2.23. The van der Waals surface area contributed by atoms with E-state index in [4.69, 9.17) is 0 Å². The lowest BCUT2D eigenvalue weighted by Gasteiger charge is -2.33. The van der Waals surface area contributed by atoms with Crippen molar-refractivity contribution in [3.63, 3.8) is 0 Å². The van der Waals surface area contributed by atoms with Crippen LogP contribution in [0.4, 0.5) is 0 Å². The first kappa shape index (κ1) is 41.9. The summed E-state index contributed by atoms with van der Waals surface area (Å²) in [6.07, 6.45) is 52.2. The van der Waals surface area contributed by atoms with Crippen LogP contribution in [0.5, 0.6) is 0 Å². The molecule has 1 saturated carbocycles. The molecule has 1 aliphatic rings. The molecule has 44 heavy (non-hydrogen) atoms. The van der Waals surface area contributed by atoms with Crippen LogP contribution < -0.4 is 10.6 Å². The SMILES string of the molecule is CCCCCCCCCCCCCCCCCCNC1CCCCC1NCCCCCCCCCCCCCCCCCC. The van der Waals surface area contributed by atoms with Gasteiger partial charge < -0.3 is 10.6 Å². The summed E-state index contributed by atoms with van der Waals surface area (Å²) in [5.74, 6) is 0. The van der Waals surface area contributed by atoms with E-state index in [0.29, 0.717) is 0 Å². The zero-order valence-electron chi connectivity index (χ0n) is 31.0. The van der Waals surface area contributed by atoms with Gasteiger partial charge in [-0.15, -0.1) is 0 Å². The Hall–Kier alpha value is -0.0800. The van der Waals surface area contributed by atoms with Crippen LogP contribution in [0.15, 0.2) is 0 Å². The number of nitrogens with one attached hydrogen (secondary N) is 2. The van der Waals surface area contributed by atoms with Crippen molar-refractivity contribution in [3.05, 3.63) is 0 Å².